The van der Waals surface area contributed by atoms with E-state index in [1.807, 2.05) is 12.1 Å². The van der Waals surface area contributed by atoms with Crippen molar-refractivity contribution < 1.29 is 14.3 Å². The quantitative estimate of drug-likeness (QED) is 0.705. The molecule has 3 aromatic rings. The van der Waals surface area contributed by atoms with Gasteiger partial charge in [0.2, 0.25) is 5.88 Å². The van der Waals surface area contributed by atoms with Gasteiger partial charge in [0.05, 0.1) is 36.6 Å². The predicted octanol–water partition coefficient (Wildman–Crippen LogP) is 1.10. The summed E-state index contributed by atoms with van der Waals surface area (Å²) >= 11 is 0. The van der Waals surface area contributed by atoms with Gasteiger partial charge in [-0.05, 0) is 24.1 Å². The molecule has 0 aliphatic carbocycles. The average Bonchev–Trinajstić information content (AvgIpc) is 2.87. The van der Waals surface area contributed by atoms with Gasteiger partial charge in [-0.15, -0.1) is 0 Å². The summed E-state index contributed by atoms with van der Waals surface area (Å²) in [6, 6.07) is 5.44. The highest BCUT2D eigenvalue weighted by Gasteiger charge is 2.31. The number of ketones is 1. The highest BCUT2D eigenvalue weighted by molar-refractivity contribution is 6.06. The number of hydrogen-bond donors (Lipinski definition) is 2. The molecule has 3 N–H and O–H groups in total. The zero-order chi connectivity index (χ0) is 19.0. The van der Waals surface area contributed by atoms with E-state index >= 15 is 0 Å². The Bertz CT molecular complexity index is 1070. The van der Waals surface area contributed by atoms with Crippen LogP contribution in [-0.4, -0.2) is 45.9 Å². The highest BCUT2D eigenvalue weighted by Crippen LogP contribution is 2.34. The maximum Gasteiger partial charge on any atom is 0.271 e. The van der Waals surface area contributed by atoms with Crippen LogP contribution in [0.3, 0.4) is 0 Å². The molecular weight excluding hydrogens is 350 g/mol. The summed E-state index contributed by atoms with van der Waals surface area (Å²) in [6.07, 6.45) is 1.73. The zero-order valence-corrected chi connectivity index (χ0v) is 14.8. The fourth-order valence-corrected chi connectivity index (χ4v) is 3.41. The number of hydrogen-bond acceptors (Lipinski definition) is 7. The lowest BCUT2D eigenvalue weighted by Gasteiger charge is -2.13. The molecule has 0 saturated carbocycles. The number of Topliss-reactive ketones (excluding diaryl/α,β-unsaturated/α-hetero) is 1. The molecule has 0 saturated heterocycles. The number of nitrogens with two attached hydrogens (primary N) is 1. The monoisotopic (exact) mass is 369 g/mol. The van der Waals surface area contributed by atoms with E-state index in [2.05, 4.69) is 15.1 Å². The molecule has 2 aromatic heterocycles. The third kappa shape index (κ3) is 2.95. The number of carbonyl (C=O) groups is 1. The molecule has 0 radical (unpaired) electrons. The molecule has 9 nitrogen and oxygen atoms in total. The van der Waals surface area contributed by atoms with Crippen molar-refractivity contribution in [3.05, 3.63) is 46.0 Å². The van der Waals surface area contributed by atoms with Crippen molar-refractivity contribution >= 4 is 22.5 Å². The van der Waals surface area contributed by atoms with Crippen molar-refractivity contribution in [1.82, 2.24) is 19.7 Å². The molecular formula is C18H19N5O4. The van der Waals surface area contributed by atoms with Gasteiger partial charge < -0.3 is 15.2 Å². The van der Waals surface area contributed by atoms with Crippen molar-refractivity contribution in [2.75, 3.05) is 26.1 Å². The second-order valence-electron chi connectivity index (χ2n) is 6.35. The second-order valence-corrected chi connectivity index (χ2v) is 6.35. The molecule has 4 rings (SSSR count). The van der Waals surface area contributed by atoms with Gasteiger partial charge in [0.1, 0.15) is 17.7 Å². The summed E-state index contributed by atoms with van der Waals surface area (Å²) in [7, 11) is 1.61. The Hall–Kier alpha value is -3.20. The summed E-state index contributed by atoms with van der Waals surface area (Å²) in [5.74, 6) is -0.373. The number of nitrogens with zero attached hydrogens (tertiary/aromatic N) is 3. The third-order valence-electron chi connectivity index (χ3n) is 4.76. The van der Waals surface area contributed by atoms with E-state index in [-0.39, 0.29) is 28.6 Å². The minimum Gasteiger partial charge on any atom is -0.477 e. The van der Waals surface area contributed by atoms with Crippen LogP contribution in [0.1, 0.15) is 28.3 Å². The fraction of sp³-hybridized carbons (Fsp3) is 0.333. The Labute approximate surface area is 154 Å². The molecule has 9 heteroatoms. The van der Waals surface area contributed by atoms with E-state index in [4.69, 9.17) is 15.2 Å². The van der Waals surface area contributed by atoms with Crippen LogP contribution in [0.15, 0.2) is 29.3 Å². The van der Waals surface area contributed by atoms with E-state index < -0.39 is 5.92 Å². The normalized spacial score (nSPS) is 16.8. The van der Waals surface area contributed by atoms with Crippen molar-refractivity contribution in [1.29, 1.82) is 0 Å². The Balaban J connectivity index is 1.76. The fourth-order valence-electron chi connectivity index (χ4n) is 3.41. The van der Waals surface area contributed by atoms with Crippen LogP contribution in [0.2, 0.25) is 0 Å². The first-order valence-corrected chi connectivity index (χ1v) is 8.59. The topological polar surface area (TPSA) is 125 Å². The van der Waals surface area contributed by atoms with Gasteiger partial charge in [-0.3, -0.25) is 19.4 Å². The number of ether oxygens (including phenoxy) is 2. The van der Waals surface area contributed by atoms with Gasteiger partial charge in [0.25, 0.3) is 5.56 Å². The zero-order valence-electron chi connectivity index (χ0n) is 14.8. The van der Waals surface area contributed by atoms with Crippen LogP contribution in [0, 0.1) is 0 Å². The summed E-state index contributed by atoms with van der Waals surface area (Å²) in [4.78, 5) is 33.3. The number of aromatic amines is 1. The number of carbonyl (C=O) groups excluding carboxylic acids is 1. The standard InChI is InChI=1S/C18H19N5O4/c1-26-7-5-23-13-3-2-10(8-12(13)17(25)22-23)11-4-6-27-18-14(15(11)24)16(19)20-9-21-18/h2-3,8-9,11H,4-7H2,1H3,(H,22,25)(H2,19,20,21). The van der Waals surface area contributed by atoms with Gasteiger partial charge in [-0.25, -0.2) is 9.97 Å². The molecule has 1 unspecified atom stereocenters. The number of fused-ring (bicyclic) bond motifs is 2. The smallest absolute Gasteiger partial charge is 0.271 e. The van der Waals surface area contributed by atoms with E-state index in [0.29, 0.717) is 31.6 Å². The number of methoxy groups -OCH3 is 1. The van der Waals surface area contributed by atoms with Gasteiger partial charge in [0.15, 0.2) is 5.78 Å². The lowest BCUT2D eigenvalue weighted by atomic mass is 9.88. The van der Waals surface area contributed by atoms with Crippen LogP contribution >= 0.6 is 0 Å². The molecule has 27 heavy (non-hydrogen) atoms. The molecule has 1 atom stereocenters. The maximum atomic E-state index is 13.1. The lowest BCUT2D eigenvalue weighted by Crippen LogP contribution is -2.15. The minimum atomic E-state index is -0.481. The largest absolute Gasteiger partial charge is 0.477 e. The van der Waals surface area contributed by atoms with Crippen molar-refractivity contribution in [3.63, 3.8) is 0 Å². The van der Waals surface area contributed by atoms with E-state index in [0.717, 1.165) is 11.1 Å². The van der Waals surface area contributed by atoms with Crippen molar-refractivity contribution in [3.8, 4) is 5.88 Å². The molecule has 1 aliphatic heterocycles. The Morgan fingerprint density at radius 3 is 3.04 bits per heavy atom. The van der Waals surface area contributed by atoms with E-state index in [9.17, 15) is 9.59 Å². The van der Waals surface area contributed by atoms with Gasteiger partial charge >= 0.3 is 0 Å². The number of nitrogens with one attached hydrogen (secondary N) is 1. The first-order chi connectivity index (χ1) is 13.1. The molecule has 0 fully saturated rings. The number of H-pyrrole nitrogens is 1. The number of anilines is 1. The summed E-state index contributed by atoms with van der Waals surface area (Å²) < 4.78 is 12.4. The summed E-state index contributed by atoms with van der Waals surface area (Å²) in [5.41, 5.74) is 7.38. The molecule has 3 heterocycles. The highest BCUT2D eigenvalue weighted by atomic mass is 16.5. The number of benzene rings is 1. The maximum absolute atomic E-state index is 13.1. The van der Waals surface area contributed by atoms with Crippen LogP contribution in [0.5, 0.6) is 5.88 Å². The number of rotatable bonds is 4. The lowest BCUT2D eigenvalue weighted by molar-refractivity contribution is 0.0958. The van der Waals surface area contributed by atoms with Gasteiger partial charge in [-0.1, -0.05) is 6.07 Å². The van der Waals surface area contributed by atoms with Crippen molar-refractivity contribution in [2.45, 2.75) is 18.9 Å². The average molecular weight is 369 g/mol. The Kier molecular flexibility index (Phi) is 4.36. The van der Waals surface area contributed by atoms with Crippen LogP contribution in [0.25, 0.3) is 10.9 Å². The molecule has 1 aliphatic rings. The first kappa shape index (κ1) is 17.2. The number of nitrogen functional groups attached to an aromatic ring is 1. The van der Waals surface area contributed by atoms with Crippen LogP contribution in [0.4, 0.5) is 5.82 Å². The molecule has 0 spiro atoms. The van der Waals surface area contributed by atoms with E-state index in [1.165, 1.54) is 6.33 Å². The van der Waals surface area contributed by atoms with Gasteiger partial charge in [-0.2, -0.15) is 0 Å². The third-order valence-corrected chi connectivity index (χ3v) is 4.76. The second kappa shape index (κ2) is 6.84. The Morgan fingerprint density at radius 1 is 1.37 bits per heavy atom. The molecule has 1 aromatic carbocycles. The molecule has 140 valence electrons. The minimum absolute atomic E-state index is 0.0987. The Morgan fingerprint density at radius 2 is 2.22 bits per heavy atom. The summed E-state index contributed by atoms with van der Waals surface area (Å²) in [5, 5.41) is 3.32. The predicted molar refractivity (Wildman–Crippen MR) is 98.1 cm³/mol. The van der Waals surface area contributed by atoms with Crippen LogP contribution in [-0.2, 0) is 11.3 Å². The van der Waals surface area contributed by atoms with E-state index in [1.54, 1.807) is 17.9 Å². The summed E-state index contributed by atoms with van der Waals surface area (Å²) in [6.45, 7) is 1.34. The van der Waals surface area contributed by atoms with Crippen molar-refractivity contribution in [2.24, 2.45) is 0 Å². The van der Waals surface area contributed by atoms with Gasteiger partial charge in [0, 0.05) is 7.11 Å². The molecule has 0 amide bonds. The first-order valence-electron chi connectivity index (χ1n) is 8.59. The SMILES string of the molecule is COCCn1[nH]c(=O)c2cc(C3CCOc4ncnc(N)c4C3=O)ccc21. The number of aromatic nitrogens is 4. The van der Waals surface area contributed by atoms with Crippen LogP contribution < -0.4 is 16.0 Å². The molecule has 0 bridgehead atoms.